The minimum absolute atomic E-state index is 0.783. The summed E-state index contributed by atoms with van der Waals surface area (Å²) in [5.74, 6) is 0. The largest absolute Gasteiger partial charge is 0.299 e. The lowest BCUT2D eigenvalue weighted by atomic mass is 10.2. The summed E-state index contributed by atoms with van der Waals surface area (Å²) in [4.78, 5) is 14.0. The Morgan fingerprint density at radius 3 is 2.89 bits per heavy atom. The summed E-state index contributed by atoms with van der Waals surface area (Å²) in [5.41, 5.74) is 2.10. The van der Waals surface area contributed by atoms with Crippen LogP contribution in [0.15, 0.2) is 12.4 Å². The number of fused-ring (bicyclic) bond motifs is 1. The molecule has 3 heterocycles. The van der Waals surface area contributed by atoms with E-state index in [4.69, 9.17) is 0 Å². The lowest BCUT2D eigenvalue weighted by molar-refractivity contribution is 0.214. The van der Waals surface area contributed by atoms with Crippen molar-refractivity contribution in [2.45, 2.75) is 38.8 Å². The molecule has 0 spiro atoms. The van der Waals surface area contributed by atoms with E-state index in [0.29, 0.717) is 0 Å². The van der Waals surface area contributed by atoms with Gasteiger partial charge in [-0.1, -0.05) is 0 Å². The average molecular weight is 246 g/mol. The van der Waals surface area contributed by atoms with Crippen LogP contribution in [0.5, 0.6) is 0 Å². The topological polar surface area (TPSA) is 32.3 Å². The Balaban J connectivity index is 1.63. The summed E-state index contributed by atoms with van der Waals surface area (Å²) in [6.45, 7) is 7.93. The molecule has 0 bridgehead atoms. The molecule has 0 N–H and O–H groups in total. The molecular formula is C14H22N4. The Labute approximate surface area is 109 Å². The molecule has 4 heteroatoms. The number of aryl methyl sites for hydroxylation is 1. The number of rotatable bonds is 2. The summed E-state index contributed by atoms with van der Waals surface area (Å²) < 4.78 is 0. The van der Waals surface area contributed by atoms with Crippen LogP contribution in [0, 0.1) is 6.92 Å². The molecule has 0 aliphatic carbocycles. The first-order chi connectivity index (χ1) is 8.81. The Kier molecular flexibility index (Phi) is 3.57. The Bertz CT molecular complexity index is 389. The van der Waals surface area contributed by atoms with Gasteiger partial charge in [0, 0.05) is 31.5 Å². The summed E-state index contributed by atoms with van der Waals surface area (Å²) in [7, 11) is 0. The minimum atomic E-state index is 0.783. The molecule has 2 fully saturated rings. The third-order valence-electron chi connectivity index (χ3n) is 4.11. The van der Waals surface area contributed by atoms with Gasteiger partial charge in [0.25, 0.3) is 0 Å². The maximum absolute atomic E-state index is 4.47. The van der Waals surface area contributed by atoms with Crippen LogP contribution < -0.4 is 0 Å². The van der Waals surface area contributed by atoms with Gasteiger partial charge in [-0.05, 0) is 45.8 Å². The maximum atomic E-state index is 4.47. The summed E-state index contributed by atoms with van der Waals surface area (Å²) in [5, 5.41) is 0. The van der Waals surface area contributed by atoms with Crippen molar-refractivity contribution in [2.75, 3.05) is 26.2 Å². The molecule has 18 heavy (non-hydrogen) atoms. The van der Waals surface area contributed by atoms with Crippen molar-refractivity contribution in [2.24, 2.45) is 0 Å². The predicted molar refractivity (Wildman–Crippen MR) is 71.3 cm³/mol. The molecule has 0 saturated carbocycles. The van der Waals surface area contributed by atoms with E-state index in [1.165, 1.54) is 45.4 Å². The second kappa shape index (κ2) is 5.33. The maximum Gasteiger partial charge on any atom is 0.0727 e. The zero-order valence-corrected chi connectivity index (χ0v) is 11.2. The molecule has 98 valence electrons. The van der Waals surface area contributed by atoms with Crippen LogP contribution in [-0.4, -0.2) is 52.0 Å². The average Bonchev–Trinajstić information content (AvgIpc) is 2.71. The molecule has 2 saturated heterocycles. The molecular weight excluding hydrogens is 224 g/mol. The van der Waals surface area contributed by atoms with Gasteiger partial charge in [0.2, 0.25) is 0 Å². The zero-order valence-electron chi connectivity index (χ0n) is 11.2. The second-order valence-corrected chi connectivity index (χ2v) is 5.57. The fourth-order valence-electron chi connectivity index (χ4n) is 3.16. The smallest absolute Gasteiger partial charge is 0.0727 e. The predicted octanol–water partition coefficient (Wildman–Crippen LogP) is 1.46. The summed E-state index contributed by atoms with van der Waals surface area (Å²) >= 11 is 0. The van der Waals surface area contributed by atoms with E-state index in [9.17, 15) is 0 Å². The molecule has 2 aliphatic heterocycles. The van der Waals surface area contributed by atoms with Gasteiger partial charge in [-0.3, -0.25) is 19.8 Å². The van der Waals surface area contributed by atoms with Crippen molar-refractivity contribution >= 4 is 0 Å². The number of hydrogen-bond acceptors (Lipinski definition) is 4. The van der Waals surface area contributed by atoms with Crippen LogP contribution >= 0.6 is 0 Å². The Hall–Kier alpha value is -1.00. The lowest BCUT2D eigenvalue weighted by Gasteiger charge is -2.25. The van der Waals surface area contributed by atoms with Crippen LogP contribution in [0.2, 0.25) is 0 Å². The van der Waals surface area contributed by atoms with Gasteiger partial charge in [0.15, 0.2) is 0 Å². The summed E-state index contributed by atoms with van der Waals surface area (Å²) in [6, 6.07) is 0.783. The van der Waals surface area contributed by atoms with Gasteiger partial charge in [-0.25, -0.2) is 0 Å². The van der Waals surface area contributed by atoms with E-state index in [2.05, 4.69) is 19.8 Å². The quantitative estimate of drug-likeness (QED) is 0.791. The molecule has 1 aromatic rings. The van der Waals surface area contributed by atoms with Crippen molar-refractivity contribution in [1.29, 1.82) is 0 Å². The number of hydrogen-bond donors (Lipinski definition) is 0. The standard InChI is InChI=1S/C14H22N4/c1-12-8-16-13(9-15-12)10-17-5-3-7-18-6-2-4-14(18)11-17/h8-9,14H,2-7,10-11H2,1H3. The highest BCUT2D eigenvalue weighted by molar-refractivity contribution is 5.01. The van der Waals surface area contributed by atoms with Crippen molar-refractivity contribution < 1.29 is 0 Å². The molecule has 0 amide bonds. The first kappa shape index (κ1) is 12.1. The molecule has 3 rings (SSSR count). The van der Waals surface area contributed by atoms with Gasteiger partial charge >= 0.3 is 0 Å². The highest BCUT2D eigenvalue weighted by Gasteiger charge is 2.28. The summed E-state index contributed by atoms with van der Waals surface area (Å²) in [6.07, 6.45) is 7.83. The van der Waals surface area contributed by atoms with Gasteiger partial charge in [-0.15, -0.1) is 0 Å². The first-order valence-electron chi connectivity index (χ1n) is 7.05. The molecule has 0 radical (unpaired) electrons. The SMILES string of the molecule is Cc1cnc(CN2CCCN3CCCC3C2)cn1. The van der Waals surface area contributed by atoms with Gasteiger partial charge < -0.3 is 0 Å². The van der Waals surface area contributed by atoms with Gasteiger partial charge in [0.1, 0.15) is 0 Å². The van der Waals surface area contributed by atoms with Gasteiger partial charge in [0.05, 0.1) is 11.4 Å². The van der Waals surface area contributed by atoms with Crippen LogP contribution in [0.3, 0.4) is 0 Å². The highest BCUT2D eigenvalue weighted by atomic mass is 15.3. The van der Waals surface area contributed by atoms with E-state index in [1.54, 1.807) is 0 Å². The van der Waals surface area contributed by atoms with Crippen LogP contribution in [0.1, 0.15) is 30.7 Å². The fraction of sp³-hybridized carbons (Fsp3) is 0.714. The van der Waals surface area contributed by atoms with E-state index in [-0.39, 0.29) is 0 Å². The third-order valence-corrected chi connectivity index (χ3v) is 4.11. The number of aromatic nitrogens is 2. The van der Waals surface area contributed by atoms with Gasteiger partial charge in [-0.2, -0.15) is 0 Å². The normalized spacial score (nSPS) is 25.9. The third kappa shape index (κ3) is 2.70. The van der Waals surface area contributed by atoms with Crippen molar-refractivity contribution in [3.63, 3.8) is 0 Å². The Morgan fingerprint density at radius 2 is 2.06 bits per heavy atom. The lowest BCUT2D eigenvalue weighted by Crippen LogP contribution is -2.36. The van der Waals surface area contributed by atoms with E-state index in [0.717, 1.165) is 24.0 Å². The molecule has 1 atom stereocenters. The minimum Gasteiger partial charge on any atom is -0.299 e. The first-order valence-corrected chi connectivity index (χ1v) is 7.05. The fourth-order valence-corrected chi connectivity index (χ4v) is 3.16. The molecule has 4 nitrogen and oxygen atoms in total. The van der Waals surface area contributed by atoms with E-state index in [1.807, 2.05) is 19.3 Å². The Morgan fingerprint density at radius 1 is 1.17 bits per heavy atom. The molecule has 1 unspecified atom stereocenters. The zero-order chi connectivity index (χ0) is 12.4. The van der Waals surface area contributed by atoms with E-state index >= 15 is 0 Å². The molecule has 0 aromatic carbocycles. The monoisotopic (exact) mass is 246 g/mol. The number of nitrogens with zero attached hydrogens (tertiary/aromatic N) is 4. The van der Waals surface area contributed by atoms with Crippen LogP contribution in [-0.2, 0) is 6.54 Å². The highest BCUT2D eigenvalue weighted by Crippen LogP contribution is 2.21. The second-order valence-electron chi connectivity index (χ2n) is 5.57. The van der Waals surface area contributed by atoms with Crippen molar-refractivity contribution in [3.05, 3.63) is 23.8 Å². The van der Waals surface area contributed by atoms with E-state index < -0.39 is 0 Å². The molecule has 2 aliphatic rings. The van der Waals surface area contributed by atoms with Crippen molar-refractivity contribution in [3.8, 4) is 0 Å². The van der Waals surface area contributed by atoms with Crippen LogP contribution in [0.25, 0.3) is 0 Å². The van der Waals surface area contributed by atoms with Crippen molar-refractivity contribution in [1.82, 2.24) is 19.8 Å². The molecule has 1 aromatic heterocycles. The van der Waals surface area contributed by atoms with Crippen LogP contribution in [0.4, 0.5) is 0 Å².